The molecule has 0 saturated carbocycles. The van der Waals surface area contributed by atoms with Gasteiger partial charge >= 0.3 is 0 Å². The summed E-state index contributed by atoms with van der Waals surface area (Å²) in [5, 5.41) is 0. The molecule has 0 spiro atoms. The number of hydrogen-bond acceptors (Lipinski definition) is 1. The van der Waals surface area contributed by atoms with E-state index in [1.807, 2.05) is 30.5 Å². The molecule has 78 valence electrons. The van der Waals surface area contributed by atoms with Crippen LogP contribution in [0, 0.1) is 3.57 Å². The molecule has 0 aliphatic carbocycles. The summed E-state index contributed by atoms with van der Waals surface area (Å²) in [6, 6.07) is 14.4. The number of fused-ring (bicyclic) bond motifs is 1. The number of rotatable bonds is 1. The molecule has 3 rings (SSSR count). The van der Waals surface area contributed by atoms with Crippen LogP contribution in [0.25, 0.3) is 16.9 Å². The Labute approximate surface area is 107 Å². The van der Waals surface area contributed by atoms with Crippen LogP contribution in [-0.4, -0.2) is 9.38 Å². The molecular weight excluding hydrogens is 311 g/mol. The Kier molecular flexibility index (Phi) is 2.40. The third-order valence-corrected chi connectivity index (χ3v) is 3.18. The van der Waals surface area contributed by atoms with Gasteiger partial charge in [0.15, 0.2) is 0 Å². The van der Waals surface area contributed by atoms with Crippen molar-refractivity contribution < 1.29 is 0 Å². The first kappa shape index (κ1) is 9.84. The number of nitrogens with zero attached hydrogens (tertiary/aromatic N) is 2. The SMILES string of the molecule is Ic1ccc2ncc(-c3ccccc3)n2c1. The molecule has 2 heterocycles. The van der Waals surface area contributed by atoms with Gasteiger partial charge in [0, 0.05) is 15.3 Å². The number of halogens is 1. The highest BCUT2D eigenvalue weighted by Crippen LogP contribution is 2.21. The summed E-state index contributed by atoms with van der Waals surface area (Å²) < 4.78 is 3.33. The number of benzene rings is 1. The van der Waals surface area contributed by atoms with Crippen molar-refractivity contribution in [3.63, 3.8) is 0 Å². The van der Waals surface area contributed by atoms with Gasteiger partial charge in [0.25, 0.3) is 0 Å². The molecule has 1 aromatic carbocycles. The van der Waals surface area contributed by atoms with Crippen molar-refractivity contribution in [3.8, 4) is 11.3 Å². The van der Waals surface area contributed by atoms with Crippen LogP contribution in [0.15, 0.2) is 54.9 Å². The Morgan fingerprint density at radius 2 is 1.81 bits per heavy atom. The number of imidazole rings is 1. The van der Waals surface area contributed by atoms with Crippen LogP contribution in [0.1, 0.15) is 0 Å². The zero-order valence-corrected chi connectivity index (χ0v) is 10.6. The second kappa shape index (κ2) is 3.90. The van der Waals surface area contributed by atoms with Crippen LogP contribution < -0.4 is 0 Å². The maximum Gasteiger partial charge on any atom is 0.137 e. The Morgan fingerprint density at radius 1 is 1.00 bits per heavy atom. The van der Waals surface area contributed by atoms with Crippen molar-refractivity contribution in [1.29, 1.82) is 0 Å². The van der Waals surface area contributed by atoms with Gasteiger partial charge in [0.05, 0.1) is 11.9 Å². The van der Waals surface area contributed by atoms with E-state index in [0.717, 1.165) is 11.3 Å². The van der Waals surface area contributed by atoms with E-state index in [2.05, 4.69) is 56.4 Å². The van der Waals surface area contributed by atoms with Gasteiger partial charge in [-0.2, -0.15) is 0 Å². The third-order valence-electron chi connectivity index (χ3n) is 2.54. The van der Waals surface area contributed by atoms with Crippen LogP contribution >= 0.6 is 22.6 Å². The lowest BCUT2D eigenvalue weighted by Gasteiger charge is -2.01. The summed E-state index contributed by atoms with van der Waals surface area (Å²) in [5.41, 5.74) is 3.31. The van der Waals surface area contributed by atoms with Crippen LogP contribution in [0.2, 0.25) is 0 Å². The van der Waals surface area contributed by atoms with Gasteiger partial charge in [-0.15, -0.1) is 0 Å². The van der Waals surface area contributed by atoms with Gasteiger partial charge < -0.3 is 0 Å². The summed E-state index contributed by atoms with van der Waals surface area (Å²) in [6.07, 6.45) is 4.02. The monoisotopic (exact) mass is 320 g/mol. The van der Waals surface area contributed by atoms with E-state index in [1.54, 1.807) is 0 Å². The van der Waals surface area contributed by atoms with Crippen molar-refractivity contribution in [1.82, 2.24) is 9.38 Å². The molecule has 0 aliphatic heterocycles. The molecule has 0 radical (unpaired) electrons. The zero-order chi connectivity index (χ0) is 11.0. The summed E-state index contributed by atoms with van der Waals surface area (Å²) >= 11 is 2.31. The molecular formula is C13H9IN2. The molecule has 2 aromatic heterocycles. The molecule has 0 saturated heterocycles. The molecule has 2 nitrogen and oxygen atoms in total. The standard InChI is InChI=1S/C13H9IN2/c14-11-6-7-13-15-8-12(16(13)9-11)10-4-2-1-3-5-10/h1-9H. The van der Waals surface area contributed by atoms with Gasteiger partial charge in [-0.1, -0.05) is 30.3 Å². The van der Waals surface area contributed by atoms with Gasteiger partial charge in [0.1, 0.15) is 5.65 Å². The number of hydrogen-bond donors (Lipinski definition) is 0. The maximum absolute atomic E-state index is 4.40. The second-order valence-electron chi connectivity index (χ2n) is 3.58. The van der Waals surface area contributed by atoms with E-state index >= 15 is 0 Å². The van der Waals surface area contributed by atoms with Crippen LogP contribution in [0.4, 0.5) is 0 Å². The molecule has 0 atom stereocenters. The number of aromatic nitrogens is 2. The zero-order valence-electron chi connectivity index (χ0n) is 8.47. The minimum Gasteiger partial charge on any atom is -0.299 e. The minimum absolute atomic E-state index is 0.985. The van der Waals surface area contributed by atoms with E-state index in [9.17, 15) is 0 Å². The van der Waals surface area contributed by atoms with Gasteiger partial charge in [-0.3, -0.25) is 4.40 Å². The van der Waals surface area contributed by atoms with Crippen molar-refractivity contribution in [3.05, 3.63) is 58.4 Å². The van der Waals surface area contributed by atoms with Crippen LogP contribution in [0.5, 0.6) is 0 Å². The lowest BCUT2D eigenvalue weighted by atomic mass is 10.2. The molecule has 3 aromatic rings. The maximum atomic E-state index is 4.40. The normalized spacial score (nSPS) is 10.8. The first-order chi connectivity index (χ1) is 7.84. The van der Waals surface area contributed by atoms with Crippen LogP contribution in [0.3, 0.4) is 0 Å². The van der Waals surface area contributed by atoms with Gasteiger partial charge in [-0.05, 0) is 34.7 Å². The quantitative estimate of drug-likeness (QED) is 0.626. The Morgan fingerprint density at radius 3 is 2.62 bits per heavy atom. The smallest absolute Gasteiger partial charge is 0.137 e. The predicted octanol–water partition coefficient (Wildman–Crippen LogP) is 3.61. The van der Waals surface area contributed by atoms with E-state index < -0.39 is 0 Å². The Bertz CT molecular complexity index is 629. The Balaban J connectivity index is 2.29. The average molecular weight is 320 g/mol. The molecule has 0 aliphatic rings. The molecule has 0 unspecified atom stereocenters. The fourth-order valence-electron chi connectivity index (χ4n) is 1.78. The molecule has 0 bridgehead atoms. The second-order valence-corrected chi connectivity index (χ2v) is 4.83. The Hall–Kier alpha value is -1.36. The van der Waals surface area contributed by atoms with Crippen molar-refractivity contribution in [2.75, 3.05) is 0 Å². The van der Waals surface area contributed by atoms with Gasteiger partial charge in [-0.25, -0.2) is 4.98 Å². The van der Waals surface area contributed by atoms with Gasteiger partial charge in [0.2, 0.25) is 0 Å². The topological polar surface area (TPSA) is 17.3 Å². The van der Waals surface area contributed by atoms with E-state index in [4.69, 9.17) is 0 Å². The fraction of sp³-hybridized carbons (Fsp3) is 0. The largest absolute Gasteiger partial charge is 0.299 e. The molecule has 16 heavy (non-hydrogen) atoms. The van der Waals surface area contributed by atoms with Crippen molar-refractivity contribution >= 4 is 28.2 Å². The minimum atomic E-state index is 0.985. The molecule has 0 amide bonds. The molecule has 0 fully saturated rings. The summed E-state index contributed by atoms with van der Waals surface area (Å²) in [6.45, 7) is 0. The first-order valence-electron chi connectivity index (χ1n) is 5.02. The highest BCUT2D eigenvalue weighted by molar-refractivity contribution is 14.1. The summed E-state index contributed by atoms with van der Waals surface area (Å²) in [5.74, 6) is 0. The van der Waals surface area contributed by atoms with E-state index in [1.165, 1.54) is 9.13 Å². The van der Waals surface area contributed by atoms with Crippen molar-refractivity contribution in [2.45, 2.75) is 0 Å². The summed E-state index contributed by atoms with van der Waals surface area (Å²) in [7, 11) is 0. The third kappa shape index (κ3) is 1.61. The molecule has 3 heteroatoms. The molecule has 0 N–H and O–H groups in total. The van der Waals surface area contributed by atoms with E-state index in [0.29, 0.717) is 0 Å². The lowest BCUT2D eigenvalue weighted by Crippen LogP contribution is -1.88. The van der Waals surface area contributed by atoms with E-state index in [-0.39, 0.29) is 0 Å². The van der Waals surface area contributed by atoms with Crippen LogP contribution in [-0.2, 0) is 0 Å². The highest BCUT2D eigenvalue weighted by Gasteiger charge is 2.04. The fourth-order valence-corrected chi connectivity index (χ4v) is 2.24. The first-order valence-corrected chi connectivity index (χ1v) is 6.10. The highest BCUT2D eigenvalue weighted by atomic mass is 127. The average Bonchev–Trinajstić information content (AvgIpc) is 2.73. The summed E-state index contributed by atoms with van der Waals surface area (Å²) in [4.78, 5) is 4.40. The lowest BCUT2D eigenvalue weighted by molar-refractivity contribution is 1.18. The number of pyridine rings is 1. The van der Waals surface area contributed by atoms with Crippen molar-refractivity contribution in [2.24, 2.45) is 0 Å². The predicted molar refractivity (Wildman–Crippen MR) is 73.3 cm³/mol.